The molecule has 0 saturated heterocycles. The van der Waals surface area contributed by atoms with Crippen LogP contribution in [-0.2, 0) is 6.54 Å². The molecule has 0 bridgehead atoms. The maximum atomic E-state index is 13.4. The van der Waals surface area contributed by atoms with Gasteiger partial charge in [0.2, 0.25) is 0 Å². The lowest BCUT2D eigenvalue weighted by Crippen LogP contribution is -2.29. The summed E-state index contributed by atoms with van der Waals surface area (Å²) >= 11 is 0. The fourth-order valence-corrected chi connectivity index (χ4v) is 1.62. The second-order valence-corrected chi connectivity index (χ2v) is 3.69. The van der Waals surface area contributed by atoms with Crippen molar-refractivity contribution >= 4 is 0 Å². The SMILES string of the molecule is COc1ccc(CN(CCO)CCO)cc1F. The Morgan fingerprint density at radius 1 is 1.24 bits per heavy atom. The maximum absolute atomic E-state index is 13.4. The monoisotopic (exact) mass is 243 g/mol. The van der Waals surface area contributed by atoms with Crippen molar-refractivity contribution in [3.05, 3.63) is 29.6 Å². The molecule has 1 aromatic rings. The molecule has 0 aliphatic carbocycles. The highest BCUT2D eigenvalue weighted by atomic mass is 19.1. The molecule has 2 N–H and O–H groups in total. The summed E-state index contributed by atoms with van der Waals surface area (Å²) in [6.45, 7) is 1.42. The highest BCUT2D eigenvalue weighted by Crippen LogP contribution is 2.18. The third-order valence-corrected chi connectivity index (χ3v) is 2.45. The Labute approximate surface area is 100 Å². The van der Waals surface area contributed by atoms with Crippen LogP contribution in [0.15, 0.2) is 18.2 Å². The third kappa shape index (κ3) is 4.30. The van der Waals surface area contributed by atoms with Crippen molar-refractivity contribution in [2.24, 2.45) is 0 Å². The van der Waals surface area contributed by atoms with E-state index in [4.69, 9.17) is 14.9 Å². The van der Waals surface area contributed by atoms with Gasteiger partial charge in [-0.15, -0.1) is 0 Å². The van der Waals surface area contributed by atoms with E-state index in [9.17, 15) is 4.39 Å². The van der Waals surface area contributed by atoms with Crippen molar-refractivity contribution < 1.29 is 19.3 Å². The number of benzene rings is 1. The van der Waals surface area contributed by atoms with E-state index in [0.29, 0.717) is 19.6 Å². The highest BCUT2D eigenvalue weighted by molar-refractivity contribution is 5.29. The number of nitrogens with zero attached hydrogens (tertiary/aromatic N) is 1. The number of halogens is 1. The molecule has 0 amide bonds. The molecule has 0 aromatic heterocycles. The smallest absolute Gasteiger partial charge is 0.165 e. The first kappa shape index (κ1) is 13.9. The van der Waals surface area contributed by atoms with Gasteiger partial charge >= 0.3 is 0 Å². The van der Waals surface area contributed by atoms with Crippen molar-refractivity contribution in [3.8, 4) is 5.75 Å². The van der Waals surface area contributed by atoms with Gasteiger partial charge in [0.15, 0.2) is 11.6 Å². The summed E-state index contributed by atoms with van der Waals surface area (Å²) in [7, 11) is 1.42. The molecular weight excluding hydrogens is 225 g/mol. The Morgan fingerprint density at radius 3 is 2.35 bits per heavy atom. The highest BCUT2D eigenvalue weighted by Gasteiger charge is 2.08. The minimum atomic E-state index is -0.405. The van der Waals surface area contributed by atoms with Crippen LogP contribution in [0.1, 0.15) is 5.56 Å². The second kappa shape index (κ2) is 7.21. The summed E-state index contributed by atoms with van der Waals surface area (Å²) in [5.41, 5.74) is 0.783. The summed E-state index contributed by atoms with van der Waals surface area (Å²) in [5.74, 6) is -0.192. The van der Waals surface area contributed by atoms with Crippen LogP contribution in [-0.4, -0.2) is 48.5 Å². The van der Waals surface area contributed by atoms with Gasteiger partial charge in [-0.1, -0.05) is 6.07 Å². The number of rotatable bonds is 7. The zero-order valence-corrected chi connectivity index (χ0v) is 9.90. The second-order valence-electron chi connectivity index (χ2n) is 3.69. The Bertz CT molecular complexity index is 341. The first-order valence-electron chi connectivity index (χ1n) is 5.47. The zero-order valence-electron chi connectivity index (χ0n) is 9.90. The molecule has 1 aromatic carbocycles. The van der Waals surface area contributed by atoms with Crippen molar-refractivity contribution in [2.45, 2.75) is 6.54 Å². The molecule has 0 fully saturated rings. The van der Waals surface area contributed by atoms with E-state index < -0.39 is 5.82 Å². The average molecular weight is 243 g/mol. The topological polar surface area (TPSA) is 52.9 Å². The molecule has 5 heteroatoms. The molecule has 0 heterocycles. The Kier molecular flexibility index (Phi) is 5.90. The number of aliphatic hydroxyl groups excluding tert-OH is 2. The first-order valence-corrected chi connectivity index (χ1v) is 5.47. The molecular formula is C12H18FNO3. The summed E-state index contributed by atoms with van der Waals surface area (Å²) in [6, 6.07) is 4.74. The van der Waals surface area contributed by atoms with Crippen molar-refractivity contribution in [3.63, 3.8) is 0 Å². The molecule has 0 spiro atoms. The van der Waals surface area contributed by atoms with Crippen LogP contribution >= 0.6 is 0 Å². The number of methoxy groups -OCH3 is 1. The predicted molar refractivity (Wildman–Crippen MR) is 62.4 cm³/mol. The molecule has 0 radical (unpaired) electrons. The van der Waals surface area contributed by atoms with Gasteiger partial charge in [0, 0.05) is 19.6 Å². The van der Waals surface area contributed by atoms with Gasteiger partial charge in [-0.25, -0.2) is 4.39 Å². The van der Waals surface area contributed by atoms with Crippen molar-refractivity contribution in [1.29, 1.82) is 0 Å². The summed E-state index contributed by atoms with van der Waals surface area (Å²) < 4.78 is 18.3. The van der Waals surface area contributed by atoms with Gasteiger partial charge in [0.1, 0.15) is 0 Å². The van der Waals surface area contributed by atoms with Gasteiger partial charge in [0.25, 0.3) is 0 Å². The van der Waals surface area contributed by atoms with E-state index in [1.807, 2.05) is 4.90 Å². The Hall–Kier alpha value is -1.17. The lowest BCUT2D eigenvalue weighted by molar-refractivity contribution is 0.156. The molecule has 0 aliphatic heterocycles. The standard InChI is InChI=1S/C12H18FNO3/c1-17-12-3-2-10(8-11(12)13)9-14(4-6-15)5-7-16/h2-3,8,15-16H,4-7,9H2,1H3. The van der Waals surface area contributed by atoms with E-state index in [-0.39, 0.29) is 19.0 Å². The molecule has 0 saturated carbocycles. The van der Waals surface area contributed by atoms with Crippen LogP contribution < -0.4 is 4.74 Å². The average Bonchev–Trinajstić information content (AvgIpc) is 2.30. The molecule has 1 rings (SSSR count). The lowest BCUT2D eigenvalue weighted by atomic mass is 10.2. The van der Waals surface area contributed by atoms with Crippen LogP contribution in [0.5, 0.6) is 5.75 Å². The molecule has 4 nitrogen and oxygen atoms in total. The van der Waals surface area contributed by atoms with E-state index in [2.05, 4.69) is 0 Å². The van der Waals surface area contributed by atoms with Crippen LogP contribution in [0, 0.1) is 5.82 Å². The fraction of sp³-hybridized carbons (Fsp3) is 0.500. The summed E-state index contributed by atoms with van der Waals surface area (Å²) in [4.78, 5) is 1.85. The Morgan fingerprint density at radius 2 is 1.88 bits per heavy atom. The third-order valence-electron chi connectivity index (χ3n) is 2.45. The molecule has 0 unspecified atom stereocenters. The van der Waals surface area contributed by atoms with Crippen LogP contribution in [0.25, 0.3) is 0 Å². The minimum absolute atomic E-state index is 0.0125. The Balaban J connectivity index is 2.68. The van der Waals surface area contributed by atoms with E-state index in [0.717, 1.165) is 5.56 Å². The maximum Gasteiger partial charge on any atom is 0.165 e. The van der Waals surface area contributed by atoms with Crippen LogP contribution in [0.3, 0.4) is 0 Å². The number of hydrogen-bond acceptors (Lipinski definition) is 4. The van der Waals surface area contributed by atoms with E-state index in [1.165, 1.54) is 13.2 Å². The summed E-state index contributed by atoms with van der Waals surface area (Å²) in [6.07, 6.45) is 0. The molecule has 96 valence electrons. The van der Waals surface area contributed by atoms with Crippen molar-refractivity contribution in [1.82, 2.24) is 4.90 Å². The quantitative estimate of drug-likeness (QED) is 0.737. The van der Waals surface area contributed by atoms with Gasteiger partial charge < -0.3 is 14.9 Å². The largest absolute Gasteiger partial charge is 0.494 e. The van der Waals surface area contributed by atoms with E-state index >= 15 is 0 Å². The van der Waals surface area contributed by atoms with E-state index in [1.54, 1.807) is 12.1 Å². The normalized spacial score (nSPS) is 10.9. The molecule has 17 heavy (non-hydrogen) atoms. The minimum Gasteiger partial charge on any atom is -0.494 e. The lowest BCUT2D eigenvalue weighted by Gasteiger charge is -2.20. The molecule has 0 atom stereocenters. The van der Waals surface area contributed by atoms with Crippen LogP contribution in [0.4, 0.5) is 4.39 Å². The summed E-state index contributed by atoms with van der Waals surface area (Å²) in [5, 5.41) is 17.7. The van der Waals surface area contributed by atoms with Gasteiger partial charge in [-0.2, -0.15) is 0 Å². The van der Waals surface area contributed by atoms with Crippen molar-refractivity contribution in [2.75, 3.05) is 33.4 Å². The van der Waals surface area contributed by atoms with Gasteiger partial charge in [0.05, 0.1) is 20.3 Å². The number of ether oxygens (including phenoxy) is 1. The fourth-order valence-electron chi connectivity index (χ4n) is 1.62. The predicted octanol–water partition coefficient (Wildman–Crippen LogP) is 0.621. The number of aliphatic hydroxyl groups is 2. The molecule has 0 aliphatic rings. The number of hydrogen-bond donors (Lipinski definition) is 2. The van der Waals surface area contributed by atoms with Gasteiger partial charge in [-0.05, 0) is 17.7 Å². The van der Waals surface area contributed by atoms with Gasteiger partial charge in [-0.3, -0.25) is 4.90 Å². The first-order chi connectivity index (χ1) is 8.21. The van der Waals surface area contributed by atoms with Crippen LogP contribution in [0.2, 0.25) is 0 Å². The zero-order chi connectivity index (χ0) is 12.7.